The van der Waals surface area contributed by atoms with Crippen LogP contribution in [0.5, 0.6) is 5.75 Å². The third kappa shape index (κ3) is 1.93. The molecule has 2 aromatic carbocycles. The van der Waals surface area contributed by atoms with Crippen LogP contribution in [-0.4, -0.2) is 5.60 Å². The summed E-state index contributed by atoms with van der Waals surface area (Å²) in [5.41, 5.74) is 2.77. The number of rotatable bonds is 0. The summed E-state index contributed by atoms with van der Waals surface area (Å²) in [7, 11) is 0. The fourth-order valence-electron chi connectivity index (χ4n) is 5.33. The molecule has 1 heterocycles. The van der Waals surface area contributed by atoms with Crippen LogP contribution in [0.3, 0.4) is 0 Å². The van der Waals surface area contributed by atoms with Crippen molar-refractivity contribution in [3.63, 3.8) is 0 Å². The predicted octanol–water partition coefficient (Wildman–Crippen LogP) is 6.10. The lowest BCUT2D eigenvalue weighted by Gasteiger charge is -2.40. The Labute approximate surface area is 144 Å². The van der Waals surface area contributed by atoms with Gasteiger partial charge in [0.2, 0.25) is 0 Å². The zero-order valence-corrected chi connectivity index (χ0v) is 14.9. The van der Waals surface area contributed by atoms with E-state index in [4.69, 9.17) is 4.74 Å². The van der Waals surface area contributed by atoms with Crippen molar-refractivity contribution in [1.82, 2.24) is 0 Å². The van der Waals surface area contributed by atoms with Crippen LogP contribution in [0.1, 0.15) is 57.6 Å². The van der Waals surface area contributed by atoms with Crippen molar-refractivity contribution in [3.8, 4) is 5.75 Å². The van der Waals surface area contributed by atoms with Gasteiger partial charge in [-0.2, -0.15) is 0 Å². The number of hydrogen-bond acceptors (Lipinski definition) is 1. The molecule has 1 spiro atoms. The van der Waals surface area contributed by atoms with Gasteiger partial charge >= 0.3 is 0 Å². The minimum Gasteiger partial charge on any atom is -0.482 e. The first-order valence-corrected chi connectivity index (χ1v) is 9.41. The molecule has 2 aliphatic carbocycles. The first-order chi connectivity index (χ1) is 11.5. The maximum atomic E-state index is 6.88. The zero-order chi connectivity index (χ0) is 16.5. The second kappa shape index (κ2) is 4.65. The van der Waals surface area contributed by atoms with Crippen LogP contribution in [-0.2, 0) is 5.41 Å². The third-order valence-electron chi connectivity index (χ3n) is 6.51. The lowest BCUT2D eigenvalue weighted by Crippen LogP contribution is -2.41. The Morgan fingerprint density at radius 2 is 1.96 bits per heavy atom. The van der Waals surface area contributed by atoms with Gasteiger partial charge in [-0.15, -0.1) is 0 Å². The zero-order valence-electron chi connectivity index (χ0n) is 14.9. The van der Waals surface area contributed by atoms with Crippen LogP contribution in [0.4, 0.5) is 0 Å². The molecule has 0 N–H and O–H groups in total. The van der Waals surface area contributed by atoms with Crippen molar-refractivity contribution in [2.45, 2.75) is 57.5 Å². The smallest absolute Gasteiger partial charge is 0.135 e. The summed E-state index contributed by atoms with van der Waals surface area (Å²) in [4.78, 5) is 0. The summed E-state index contributed by atoms with van der Waals surface area (Å²) in [6.07, 6.45) is 10.1. The summed E-state index contributed by atoms with van der Waals surface area (Å²) < 4.78 is 6.88. The highest BCUT2D eigenvalue weighted by Gasteiger charge is 2.52. The van der Waals surface area contributed by atoms with Gasteiger partial charge in [0.15, 0.2) is 0 Å². The number of ether oxygens (including phenoxy) is 1. The summed E-state index contributed by atoms with van der Waals surface area (Å²) in [6.45, 7) is 6.90. The van der Waals surface area contributed by atoms with Gasteiger partial charge in [-0.3, -0.25) is 0 Å². The van der Waals surface area contributed by atoms with Gasteiger partial charge in [0, 0.05) is 16.9 Å². The molecule has 3 unspecified atom stereocenters. The highest BCUT2D eigenvalue weighted by Crippen LogP contribution is 2.56. The first kappa shape index (κ1) is 14.6. The van der Waals surface area contributed by atoms with Crippen molar-refractivity contribution >= 4 is 16.8 Å². The van der Waals surface area contributed by atoms with Gasteiger partial charge in [0.1, 0.15) is 11.4 Å². The normalized spacial score (nSPS) is 30.8. The Morgan fingerprint density at radius 3 is 2.67 bits per heavy atom. The van der Waals surface area contributed by atoms with E-state index >= 15 is 0 Å². The highest BCUT2D eigenvalue weighted by atomic mass is 16.5. The quantitative estimate of drug-likeness (QED) is 0.570. The lowest BCUT2D eigenvalue weighted by molar-refractivity contribution is 0.0594. The standard InChI is InChI=1S/C23H26O/c1-22(2,3)20-13-16-6-4-5-7-18(16)21-19(20)10-11-23(24-21)14-15-8-9-17(23)12-15/h4-7,10-11,13,15,17H,8-9,12,14H2,1-3H3. The van der Waals surface area contributed by atoms with Crippen LogP contribution in [0.2, 0.25) is 0 Å². The minimum absolute atomic E-state index is 0.0325. The topological polar surface area (TPSA) is 9.23 Å². The number of hydrogen-bond donors (Lipinski definition) is 0. The van der Waals surface area contributed by atoms with Gasteiger partial charge in [-0.05, 0) is 60.1 Å². The molecule has 124 valence electrons. The van der Waals surface area contributed by atoms with Crippen molar-refractivity contribution < 1.29 is 4.74 Å². The molecular formula is C23H26O. The van der Waals surface area contributed by atoms with Gasteiger partial charge < -0.3 is 4.74 Å². The van der Waals surface area contributed by atoms with Gasteiger partial charge in [0.05, 0.1) is 0 Å². The van der Waals surface area contributed by atoms with E-state index in [-0.39, 0.29) is 11.0 Å². The molecule has 1 aliphatic heterocycles. The van der Waals surface area contributed by atoms with Crippen LogP contribution in [0, 0.1) is 11.8 Å². The van der Waals surface area contributed by atoms with E-state index in [0.29, 0.717) is 5.92 Å². The van der Waals surface area contributed by atoms with E-state index in [1.807, 2.05) is 0 Å². The van der Waals surface area contributed by atoms with Crippen molar-refractivity contribution in [1.29, 1.82) is 0 Å². The predicted molar refractivity (Wildman–Crippen MR) is 100 cm³/mol. The monoisotopic (exact) mass is 318 g/mol. The van der Waals surface area contributed by atoms with Crippen LogP contribution >= 0.6 is 0 Å². The highest BCUT2D eigenvalue weighted by molar-refractivity contribution is 5.94. The van der Waals surface area contributed by atoms with E-state index < -0.39 is 0 Å². The summed E-state index contributed by atoms with van der Waals surface area (Å²) in [5.74, 6) is 2.72. The van der Waals surface area contributed by atoms with Gasteiger partial charge in [0.25, 0.3) is 0 Å². The van der Waals surface area contributed by atoms with Crippen molar-refractivity contribution in [3.05, 3.63) is 47.5 Å². The molecule has 24 heavy (non-hydrogen) atoms. The molecule has 0 aromatic heterocycles. The van der Waals surface area contributed by atoms with Gasteiger partial charge in [-0.25, -0.2) is 0 Å². The molecule has 3 atom stereocenters. The Morgan fingerprint density at radius 1 is 1.12 bits per heavy atom. The second-order valence-electron chi connectivity index (χ2n) is 9.11. The lowest BCUT2D eigenvalue weighted by atomic mass is 9.78. The van der Waals surface area contributed by atoms with Crippen molar-refractivity contribution in [2.24, 2.45) is 11.8 Å². The summed E-state index contributed by atoms with van der Waals surface area (Å²) in [5, 5.41) is 2.57. The Kier molecular flexibility index (Phi) is 2.83. The van der Waals surface area contributed by atoms with E-state index in [1.165, 1.54) is 47.6 Å². The first-order valence-electron chi connectivity index (χ1n) is 9.41. The summed E-state index contributed by atoms with van der Waals surface area (Å²) in [6, 6.07) is 11.1. The Balaban J connectivity index is 1.74. The molecule has 0 saturated heterocycles. The van der Waals surface area contributed by atoms with E-state index in [1.54, 1.807) is 0 Å². The molecule has 3 aliphatic rings. The molecule has 0 amide bonds. The molecule has 0 radical (unpaired) electrons. The number of fused-ring (bicyclic) bond motifs is 6. The second-order valence-corrected chi connectivity index (χ2v) is 9.11. The average Bonchev–Trinajstić information content (AvgIpc) is 3.14. The number of benzene rings is 2. The van der Waals surface area contributed by atoms with E-state index in [9.17, 15) is 0 Å². The SMILES string of the molecule is CC(C)(C)c1cc2ccccc2c2c1C=CC1(CC3CCC1C3)O2. The fraction of sp³-hybridized carbons (Fsp3) is 0.478. The maximum Gasteiger partial charge on any atom is 0.135 e. The van der Waals surface area contributed by atoms with E-state index in [2.05, 4.69) is 63.3 Å². The molecule has 2 bridgehead atoms. The molecule has 1 nitrogen and oxygen atoms in total. The van der Waals surface area contributed by atoms with Crippen molar-refractivity contribution in [2.75, 3.05) is 0 Å². The average molecular weight is 318 g/mol. The molecule has 2 aromatic rings. The summed E-state index contributed by atoms with van der Waals surface area (Å²) >= 11 is 0. The molecule has 1 heteroatoms. The van der Waals surface area contributed by atoms with Crippen LogP contribution in [0.25, 0.3) is 16.8 Å². The molecular weight excluding hydrogens is 292 g/mol. The third-order valence-corrected chi connectivity index (χ3v) is 6.51. The minimum atomic E-state index is -0.0325. The van der Waals surface area contributed by atoms with Crippen LogP contribution < -0.4 is 4.74 Å². The fourth-order valence-corrected chi connectivity index (χ4v) is 5.33. The Hall–Kier alpha value is -1.76. The largest absolute Gasteiger partial charge is 0.482 e. The van der Waals surface area contributed by atoms with E-state index in [0.717, 1.165) is 11.7 Å². The van der Waals surface area contributed by atoms with Gasteiger partial charge in [-0.1, -0.05) is 51.1 Å². The Bertz CT molecular complexity index is 854. The molecule has 2 fully saturated rings. The molecule has 2 saturated carbocycles. The molecule has 5 rings (SSSR count). The maximum absolute atomic E-state index is 6.88. The van der Waals surface area contributed by atoms with Crippen LogP contribution in [0.15, 0.2) is 36.4 Å².